The second kappa shape index (κ2) is 4.50. The number of hydrogen-bond acceptors (Lipinski definition) is 4. The summed E-state index contributed by atoms with van der Waals surface area (Å²) in [5.41, 5.74) is -0.365. The third-order valence-electron chi connectivity index (χ3n) is 1.27. The Labute approximate surface area is 69.8 Å². The van der Waals surface area contributed by atoms with Crippen LogP contribution in [-0.2, 0) is 0 Å². The highest BCUT2D eigenvalue weighted by atomic mass is 16.5. The predicted molar refractivity (Wildman–Crippen MR) is 44.3 cm³/mol. The van der Waals surface area contributed by atoms with E-state index in [1.165, 1.54) is 12.4 Å². The molecule has 0 spiro atoms. The fraction of sp³-hybridized carbons (Fsp3) is 0.429. The van der Waals surface area contributed by atoms with Crippen molar-refractivity contribution in [2.45, 2.75) is 0 Å². The minimum absolute atomic E-state index is 0.365. The lowest BCUT2D eigenvalue weighted by Crippen LogP contribution is -2.17. The number of aromatic amines is 1. The van der Waals surface area contributed by atoms with Gasteiger partial charge in [-0.3, -0.25) is 0 Å². The van der Waals surface area contributed by atoms with Gasteiger partial charge in [0.25, 0.3) is 0 Å². The van der Waals surface area contributed by atoms with Crippen molar-refractivity contribution >= 4 is 0 Å². The summed E-state index contributed by atoms with van der Waals surface area (Å²) < 4.78 is 5.21. The molecule has 0 bridgehead atoms. The van der Waals surface area contributed by atoms with Gasteiger partial charge in [-0.15, -0.1) is 0 Å². The van der Waals surface area contributed by atoms with E-state index in [0.717, 1.165) is 6.54 Å². The van der Waals surface area contributed by atoms with Crippen molar-refractivity contribution in [2.24, 2.45) is 0 Å². The molecule has 0 aromatic carbocycles. The Morgan fingerprint density at radius 1 is 1.75 bits per heavy atom. The fourth-order valence-electron chi connectivity index (χ4n) is 0.680. The molecule has 5 nitrogen and oxygen atoms in total. The van der Waals surface area contributed by atoms with Crippen molar-refractivity contribution in [1.29, 1.82) is 0 Å². The average molecular weight is 169 g/mol. The summed E-state index contributed by atoms with van der Waals surface area (Å²) in [5, 5.41) is 2.93. The largest absolute Gasteiger partial charge is 0.489 e. The quantitative estimate of drug-likeness (QED) is 0.589. The van der Waals surface area contributed by atoms with Gasteiger partial charge in [-0.1, -0.05) is 0 Å². The highest BCUT2D eigenvalue weighted by molar-refractivity contribution is 5.09. The van der Waals surface area contributed by atoms with Crippen LogP contribution in [0.3, 0.4) is 0 Å². The van der Waals surface area contributed by atoms with Crippen molar-refractivity contribution in [3.63, 3.8) is 0 Å². The van der Waals surface area contributed by atoms with Gasteiger partial charge in [0.15, 0.2) is 5.75 Å². The molecule has 1 aromatic heterocycles. The summed E-state index contributed by atoms with van der Waals surface area (Å²) in [6.07, 6.45) is 2.89. The Kier molecular flexibility index (Phi) is 3.28. The van der Waals surface area contributed by atoms with Gasteiger partial charge in [-0.25, -0.2) is 4.79 Å². The molecule has 0 fully saturated rings. The number of H-pyrrole nitrogens is 1. The number of hydrogen-bond donors (Lipinski definition) is 2. The van der Waals surface area contributed by atoms with E-state index in [2.05, 4.69) is 15.3 Å². The minimum atomic E-state index is -0.365. The number of rotatable bonds is 4. The molecule has 0 aliphatic carbocycles. The van der Waals surface area contributed by atoms with E-state index in [1.807, 2.05) is 7.05 Å². The molecule has 0 saturated carbocycles. The molecule has 66 valence electrons. The number of ether oxygens (including phenoxy) is 1. The van der Waals surface area contributed by atoms with Gasteiger partial charge in [-0.05, 0) is 7.05 Å². The van der Waals surface area contributed by atoms with Crippen LogP contribution >= 0.6 is 0 Å². The van der Waals surface area contributed by atoms with Crippen molar-refractivity contribution < 1.29 is 4.74 Å². The topological polar surface area (TPSA) is 67.0 Å². The maximum atomic E-state index is 10.5. The average Bonchev–Trinajstić information content (AvgIpc) is 2.09. The van der Waals surface area contributed by atoms with Crippen molar-refractivity contribution in [3.8, 4) is 5.75 Å². The second-order valence-electron chi connectivity index (χ2n) is 2.21. The summed E-state index contributed by atoms with van der Waals surface area (Å²) >= 11 is 0. The Balaban J connectivity index is 2.42. The third-order valence-corrected chi connectivity index (χ3v) is 1.27. The number of nitrogens with one attached hydrogen (secondary N) is 2. The zero-order valence-corrected chi connectivity index (χ0v) is 6.83. The van der Waals surface area contributed by atoms with E-state index in [1.54, 1.807) is 0 Å². The van der Waals surface area contributed by atoms with Crippen LogP contribution in [0.15, 0.2) is 17.2 Å². The van der Waals surface area contributed by atoms with Crippen molar-refractivity contribution in [2.75, 3.05) is 20.2 Å². The van der Waals surface area contributed by atoms with Gasteiger partial charge in [0, 0.05) is 12.7 Å². The molecule has 1 rings (SSSR count). The number of nitrogens with zero attached hydrogens (tertiary/aromatic N) is 1. The first-order valence-corrected chi connectivity index (χ1v) is 3.65. The SMILES string of the molecule is CNCCOc1cnc(=O)[nH]c1. The van der Waals surface area contributed by atoms with Crippen LogP contribution in [-0.4, -0.2) is 30.2 Å². The van der Waals surface area contributed by atoms with Crippen LogP contribution < -0.4 is 15.7 Å². The molecule has 1 aromatic rings. The Morgan fingerprint density at radius 3 is 3.17 bits per heavy atom. The van der Waals surface area contributed by atoms with Crippen LogP contribution in [0.2, 0.25) is 0 Å². The van der Waals surface area contributed by atoms with E-state index in [9.17, 15) is 4.79 Å². The molecular weight excluding hydrogens is 158 g/mol. The van der Waals surface area contributed by atoms with Crippen LogP contribution in [0, 0.1) is 0 Å². The summed E-state index contributed by atoms with van der Waals surface area (Å²) in [4.78, 5) is 16.4. The van der Waals surface area contributed by atoms with Gasteiger partial charge in [0.2, 0.25) is 0 Å². The highest BCUT2D eigenvalue weighted by Gasteiger charge is 1.91. The Bertz CT molecular complexity index is 264. The monoisotopic (exact) mass is 169 g/mol. The zero-order valence-electron chi connectivity index (χ0n) is 6.83. The first kappa shape index (κ1) is 8.73. The molecular formula is C7H11N3O2. The second-order valence-corrected chi connectivity index (χ2v) is 2.21. The standard InChI is InChI=1S/C7H11N3O2/c1-8-2-3-12-6-4-9-7(11)10-5-6/h4-5,8H,2-3H2,1H3,(H,9,10,11). The lowest BCUT2D eigenvalue weighted by Gasteiger charge is -2.02. The lowest BCUT2D eigenvalue weighted by molar-refractivity contribution is 0.315. The van der Waals surface area contributed by atoms with Crippen molar-refractivity contribution in [1.82, 2.24) is 15.3 Å². The number of likely N-dealkylation sites (N-methyl/N-ethyl adjacent to an activating group) is 1. The molecule has 0 aliphatic heterocycles. The van der Waals surface area contributed by atoms with E-state index in [-0.39, 0.29) is 5.69 Å². The highest BCUT2D eigenvalue weighted by Crippen LogP contribution is 2.01. The summed E-state index contributed by atoms with van der Waals surface area (Å²) in [6, 6.07) is 0. The van der Waals surface area contributed by atoms with E-state index in [0.29, 0.717) is 12.4 Å². The summed E-state index contributed by atoms with van der Waals surface area (Å²) in [7, 11) is 1.84. The molecule has 12 heavy (non-hydrogen) atoms. The third kappa shape index (κ3) is 2.71. The zero-order chi connectivity index (χ0) is 8.81. The minimum Gasteiger partial charge on any atom is -0.489 e. The van der Waals surface area contributed by atoms with Crippen molar-refractivity contribution in [3.05, 3.63) is 22.9 Å². The van der Waals surface area contributed by atoms with Gasteiger partial charge in [-0.2, -0.15) is 4.98 Å². The smallest absolute Gasteiger partial charge is 0.345 e. The molecule has 0 amide bonds. The van der Waals surface area contributed by atoms with Crippen LogP contribution in [0.4, 0.5) is 0 Å². The Hall–Kier alpha value is -1.36. The maximum absolute atomic E-state index is 10.5. The molecule has 0 atom stereocenters. The maximum Gasteiger partial charge on any atom is 0.345 e. The van der Waals surface area contributed by atoms with Gasteiger partial charge in [0.1, 0.15) is 6.61 Å². The van der Waals surface area contributed by atoms with Gasteiger partial charge < -0.3 is 15.0 Å². The predicted octanol–water partition coefficient (Wildman–Crippen LogP) is -0.632. The van der Waals surface area contributed by atoms with Crippen LogP contribution in [0.1, 0.15) is 0 Å². The molecule has 0 unspecified atom stereocenters. The van der Waals surface area contributed by atoms with Crippen LogP contribution in [0.25, 0.3) is 0 Å². The van der Waals surface area contributed by atoms with E-state index in [4.69, 9.17) is 4.74 Å². The Morgan fingerprint density at radius 2 is 2.58 bits per heavy atom. The van der Waals surface area contributed by atoms with E-state index >= 15 is 0 Å². The lowest BCUT2D eigenvalue weighted by atomic mass is 10.6. The molecule has 1 heterocycles. The fourth-order valence-corrected chi connectivity index (χ4v) is 0.680. The normalized spacial score (nSPS) is 9.75. The van der Waals surface area contributed by atoms with Crippen LogP contribution in [0.5, 0.6) is 5.75 Å². The molecule has 2 N–H and O–H groups in total. The number of aromatic nitrogens is 2. The van der Waals surface area contributed by atoms with Gasteiger partial charge in [0.05, 0.1) is 6.20 Å². The van der Waals surface area contributed by atoms with Gasteiger partial charge >= 0.3 is 5.69 Å². The first-order chi connectivity index (χ1) is 5.83. The molecule has 0 saturated heterocycles. The first-order valence-electron chi connectivity index (χ1n) is 3.65. The summed E-state index contributed by atoms with van der Waals surface area (Å²) in [5.74, 6) is 0.574. The van der Waals surface area contributed by atoms with E-state index < -0.39 is 0 Å². The summed E-state index contributed by atoms with van der Waals surface area (Å²) in [6.45, 7) is 1.32. The molecule has 0 radical (unpaired) electrons. The molecule has 0 aliphatic rings. The molecule has 5 heteroatoms.